The van der Waals surface area contributed by atoms with Crippen molar-refractivity contribution in [2.75, 3.05) is 52.1 Å². The minimum atomic E-state index is -3.13. The highest BCUT2D eigenvalue weighted by Gasteiger charge is 2.25. The van der Waals surface area contributed by atoms with E-state index in [0.717, 1.165) is 45.1 Å². The number of nitrogens with one attached hydrogen (secondary N) is 2. The monoisotopic (exact) mass is 409 g/mol. The Hall–Kier alpha value is -1.64. The van der Waals surface area contributed by atoms with Crippen LogP contribution in [0, 0.1) is 0 Å². The van der Waals surface area contributed by atoms with Crippen LogP contribution in [0.1, 0.15) is 38.3 Å². The molecule has 2 rings (SSSR count). The van der Waals surface area contributed by atoms with Crippen LogP contribution in [0.15, 0.2) is 35.3 Å². The predicted molar refractivity (Wildman–Crippen MR) is 116 cm³/mol. The largest absolute Gasteiger partial charge is 0.357 e. The van der Waals surface area contributed by atoms with Crippen molar-refractivity contribution < 1.29 is 8.42 Å². The Morgan fingerprint density at radius 1 is 1.14 bits per heavy atom. The van der Waals surface area contributed by atoms with Crippen molar-refractivity contribution in [3.8, 4) is 0 Å². The maximum absolute atomic E-state index is 11.1. The highest BCUT2D eigenvalue weighted by molar-refractivity contribution is 7.88. The van der Waals surface area contributed by atoms with Gasteiger partial charge < -0.3 is 10.2 Å². The zero-order valence-corrected chi connectivity index (χ0v) is 18.2. The van der Waals surface area contributed by atoms with Crippen molar-refractivity contribution in [2.45, 2.75) is 32.7 Å². The standard InChI is InChI=1S/C20H35N5O2S/c1-4-19(18-10-7-6-8-11-18)24-14-16-25(17-15-24)20(21-5-2)22-12-9-13-23-28(3,26)27/h6-8,10-11,19,23H,4-5,9,12-17H2,1-3H3,(H,21,22). The van der Waals surface area contributed by atoms with Crippen LogP contribution in [0.4, 0.5) is 0 Å². The third-order valence-corrected chi connectivity index (χ3v) is 5.65. The molecule has 0 radical (unpaired) electrons. The molecule has 0 aromatic heterocycles. The van der Waals surface area contributed by atoms with Gasteiger partial charge >= 0.3 is 0 Å². The second-order valence-corrected chi connectivity index (χ2v) is 8.95. The molecule has 1 saturated heterocycles. The van der Waals surface area contributed by atoms with Crippen LogP contribution in [0.2, 0.25) is 0 Å². The predicted octanol–water partition coefficient (Wildman–Crippen LogP) is 1.66. The molecule has 1 aromatic carbocycles. The lowest BCUT2D eigenvalue weighted by molar-refractivity contribution is 0.127. The molecule has 2 N–H and O–H groups in total. The highest BCUT2D eigenvalue weighted by atomic mass is 32.2. The number of aliphatic imine (C=N–C) groups is 1. The SMILES string of the molecule is CCNC(=NCCCNS(C)(=O)=O)N1CCN(C(CC)c2ccccc2)CC1. The lowest BCUT2D eigenvalue weighted by Gasteiger charge is -2.40. The summed E-state index contributed by atoms with van der Waals surface area (Å²) in [6, 6.07) is 11.2. The van der Waals surface area contributed by atoms with Gasteiger partial charge in [-0.25, -0.2) is 13.1 Å². The third kappa shape index (κ3) is 7.41. The molecule has 1 aromatic rings. The number of rotatable bonds is 9. The van der Waals surface area contributed by atoms with E-state index < -0.39 is 10.0 Å². The normalized spacial score (nSPS) is 17.5. The van der Waals surface area contributed by atoms with Crippen LogP contribution in [0.5, 0.6) is 0 Å². The summed E-state index contributed by atoms with van der Waals surface area (Å²) >= 11 is 0. The summed E-state index contributed by atoms with van der Waals surface area (Å²) in [5, 5.41) is 3.37. The Morgan fingerprint density at radius 3 is 2.39 bits per heavy atom. The summed E-state index contributed by atoms with van der Waals surface area (Å²) in [4.78, 5) is 9.55. The molecule has 1 atom stereocenters. The lowest BCUT2D eigenvalue weighted by atomic mass is 10.0. The zero-order chi connectivity index (χ0) is 20.4. The summed E-state index contributed by atoms with van der Waals surface area (Å²) < 4.78 is 24.7. The van der Waals surface area contributed by atoms with Crippen molar-refractivity contribution in [3.63, 3.8) is 0 Å². The van der Waals surface area contributed by atoms with Gasteiger partial charge in [0.05, 0.1) is 6.26 Å². The molecule has 158 valence electrons. The molecule has 1 aliphatic rings. The van der Waals surface area contributed by atoms with Crippen LogP contribution < -0.4 is 10.0 Å². The van der Waals surface area contributed by atoms with Gasteiger partial charge in [0.1, 0.15) is 0 Å². The van der Waals surface area contributed by atoms with E-state index in [1.165, 1.54) is 11.8 Å². The average molecular weight is 410 g/mol. The Kier molecular flexibility index (Phi) is 9.21. The van der Waals surface area contributed by atoms with Gasteiger partial charge in [-0.1, -0.05) is 37.3 Å². The van der Waals surface area contributed by atoms with Crippen LogP contribution in [0.3, 0.4) is 0 Å². The van der Waals surface area contributed by atoms with Crippen molar-refractivity contribution >= 4 is 16.0 Å². The molecule has 8 heteroatoms. The van der Waals surface area contributed by atoms with Gasteiger partial charge in [-0.2, -0.15) is 0 Å². The van der Waals surface area contributed by atoms with E-state index in [1.807, 2.05) is 0 Å². The minimum absolute atomic E-state index is 0.421. The molecule has 0 aliphatic carbocycles. The van der Waals surface area contributed by atoms with E-state index in [4.69, 9.17) is 0 Å². The highest BCUT2D eigenvalue weighted by Crippen LogP contribution is 2.25. The van der Waals surface area contributed by atoms with Gasteiger partial charge in [0.25, 0.3) is 0 Å². The Labute approximate surface area is 170 Å². The van der Waals surface area contributed by atoms with Gasteiger partial charge in [-0.3, -0.25) is 9.89 Å². The maximum Gasteiger partial charge on any atom is 0.208 e. The number of guanidine groups is 1. The van der Waals surface area contributed by atoms with Crippen molar-refractivity contribution in [1.82, 2.24) is 19.8 Å². The molecule has 28 heavy (non-hydrogen) atoms. The molecule has 1 aliphatic heterocycles. The summed E-state index contributed by atoms with van der Waals surface area (Å²) in [6.07, 6.45) is 2.97. The molecule has 0 amide bonds. The number of piperazine rings is 1. The first-order valence-electron chi connectivity index (χ1n) is 10.2. The van der Waals surface area contributed by atoms with E-state index in [2.05, 4.69) is 69.0 Å². The molecule has 1 unspecified atom stereocenters. The van der Waals surface area contributed by atoms with Gasteiger partial charge in [-0.15, -0.1) is 0 Å². The van der Waals surface area contributed by atoms with Crippen molar-refractivity contribution in [2.24, 2.45) is 4.99 Å². The maximum atomic E-state index is 11.1. The zero-order valence-electron chi connectivity index (χ0n) is 17.4. The van der Waals surface area contributed by atoms with Gasteiger partial charge in [-0.05, 0) is 25.3 Å². The molecular weight excluding hydrogens is 374 g/mol. The lowest BCUT2D eigenvalue weighted by Crippen LogP contribution is -2.53. The molecular formula is C20H35N5O2S. The number of nitrogens with zero attached hydrogens (tertiary/aromatic N) is 3. The molecule has 1 heterocycles. The van der Waals surface area contributed by atoms with E-state index >= 15 is 0 Å². The van der Waals surface area contributed by atoms with Gasteiger partial charge in [0, 0.05) is 51.9 Å². The third-order valence-electron chi connectivity index (χ3n) is 4.92. The molecule has 1 fully saturated rings. The summed E-state index contributed by atoms with van der Waals surface area (Å²) in [5.41, 5.74) is 1.39. The second kappa shape index (κ2) is 11.4. The number of sulfonamides is 1. The van der Waals surface area contributed by atoms with Crippen LogP contribution in [0.25, 0.3) is 0 Å². The fraction of sp³-hybridized carbons (Fsp3) is 0.650. The summed E-state index contributed by atoms with van der Waals surface area (Å²) in [7, 11) is -3.13. The number of benzene rings is 1. The minimum Gasteiger partial charge on any atom is -0.357 e. The fourth-order valence-electron chi connectivity index (χ4n) is 3.57. The van der Waals surface area contributed by atoms with E-state index in [0.29, 0.717) is 25.6 Å². The Morgan fingerprint density at radius 2 is 1.82 bits per heavy atom. The number of hydrogen-bond donors (Lipinski definition) is 2. The summed E-state index contributed by atoms with van der Waals surface area (Å²) in [6.45, 7) is 10.1. The molecule has 0 bridgehead atoms. The van der Waals surface area contributed by atoms with Crippen LogP contribution in [-0.4, -0.2) is 76.2 Å². The average Bonchev–Trinajstić information content (AvgIpc) is 2.68. The quantitative estimate of drug-likeness (QED) is 0.369. The van der Waals surface area contributed by atoms with E-state index in [1.54, 1.807) is 0 Å². The van der Waals surface area contributed by atoms with E-state index in [-0.39, 0.29) is 0 Å². The number of hydrogen-bond acceptors (Lipinski definition) is 4. The first-order valence-corrected chi connectivity index (χ1v) is 12.1. The molecule has 0 spiro atoms. The smallest absolute Gasteiger partial charge is 0.208 e. The Bertz CT molecular complexity index is 701. The summed E-state index contributed by atoms with van der Waals surface area (Å²) in [5.74, 6) is 0.925. The van der Waals surface area contributed by atoms with Gasteiger partial charge in [0.15, 0.2) is 5.96 Å². The van der Waals surface area contributed by atoms with Crippen LogP contribution in [-0.2, 0) is 10.0 Å². The van der Waals surface area contributed by atoms with Crippen molar-refractivity contribution in [1.29, 1.82) is 0 Å². The molecule has 0 saturated carbocycles. The van der Waals surface area contributed by atoms with Crippen LogP contribution >= 0.6 is 0 Å². The molecule has 7 nitrogen and oxygen atoms in total. The first-order chi connectivity index (χ1) is 13.4. The Balaban J connectivity index is 1.88. The fourth-order valence-corrected chi connectivity index (χ4v) is 4.09. The van der Waals surface area contributed by atoms with Gasteiger partial charge in [0.2, 0.25) is 10.0 Å². The van der Waals surface area contributed by atoms with E-state index in [9.17, 15) is 8.42 Å². The van der Waals surface area contributed by atoms with Crippen molar-refractivity contribution in [3.05, 3.63) is 35.9 Å². The second-order valence-electron chi connectivity index (χ2n) is 7.11. The first kappa shape index (κ1) is 22.6. The topological polar surface area (TPSA) is 77.0 Å².